The summed E-state index contributed by atoms with van der Waals surface area (Å²) in [5.74, 6) is -0.899. The second kappa shape index (κ2) is 60.9. The fraction of sp³-hybridized carbons (Fsp3) is 0.833. The van der Waals surface area contributed by atoms with Crippen LogP contribution in [0.25, 0.3) is 0 Å². The molecule has 0 aromatic carbocycles. The Bertz CT molecular complexity index is 1250. The number of carbonyl (C=O) groups is 3. The predicted octanol–water partition coefficient (Wildman–Crippen LogP) is 21.4. The minimum absolute atomic E-state index is 0.0800. The smallest absolute Gasteiger partial charge is 0.306 e. The molecule has 72 heavy (non-hydrogen) atoms. The molecule has 0 bridgehead atoms. The van der Waals surface area contributed by atoms with E-state index in [1.165, 1.54) is 199 Å². The fourth-order valence-corrected chi connectivity index (χ4v) is 9.38. The van der Waals surface area contributed by atoms with E-state index in [4.69, 9.17) is 14.2 Å². The van der Waals surface area contributed by atoms with Crippen molar-refractivity contribution in [2.24, 2.45) is 0 Å². The highest BCUT2D eigenvalue weighted by Crippen LogP contribution is 2.18. The van der Waals surface area contributed by atoms with Gasteiger partial charge in [-0.25, -0.2) is 0 Å². The third kappa shape index (κ3) is 58.3. The molecule has 0 saturated carbocycles. The first kappa shape index (κ1) is 69.4. The van der Waals surface area contributed by atoms with Gasteiger partial charge in [-0.15, -0.1) is 0 Å². The standard InChI is InChI=1S/C66H120O6/c1-4-7-10-13-16-18-20-22-24-26-27-28-29-30-31-32-33-34-35-36-37-38-39-41-42-44-46-48-50-53-56-59-65(68)71-62-63(61-70-64(67)58-55-52-15-12-9-6-3)72-66(69)60-57-54-51-49-47-45-43-40-25-23-21-19-17-14-11-8-5-2/h8,11,17,19,23,25,43,45,63H,4-7,9-10,12-16,18,20-22,24,26-42,44,46-62H2,1-3H3/b11-8-,19-17-,25-23-,45-43-. The lowest BCUT2D eigenvalue weighted by Gasteiger charge is -2.18. The first-order valence-corrected chi connectivity index (χ1v) is 31.6. The summed E-state index contributed by atoms with van der Waals surface area (Å²) in [5.41, 5.74) is 0. The van der Waals surface area contributed by atoms with E-state index in [-0.39, 0.29) is 31.1 Å². The van der Waals surface area contributed by atoms with Gasteiger partial charge in [0.25, 0.3) is 0 Å². The third-order valence-electron chi connectivity index (χ3n) is 14.1. The zero-order chi connectivity index (χ0) is 52.2. The normalized spacial score (nSPS) is 12.3. The minimum Gasteiger partial charge on any atom is -0.462 e. The number of hydrogen-bond donors (Lipinski definition) is 0. The fourth-order valence-electron chi connectivity index (χ4n) is 9.38. The molecule has 6 nitrogen and oxygen atoms in total. The first-order chi connectivity index (χ1) is 35.5. The Balaban J connectivity index is 3.97. The molecule has 6 heteroatoms. The van der Waals surface area contributed by atoms with E-state index in [0.29, 0.717) is 19.3 Å². The lowest BCUT2D eigenvalue weighted by Crippen LogP contribution is -2.30. The highest BCUT2D eigenvalue weighted by Gasteiger charge is 2.19. The number of allylic oxidation sites excluding steroid dienone is 8. The summed E-state index contributed by atoms with van der Waals surface area (Å²) in [6.45, 7) is 6.49. The van der Waals surface area contributed by atoms with Crippen molar-refractivity contribution in [1.82, 2.24) is 0 Å². The highest BCUT2D eigenvalue weighted by molar-refractivity contribution is 5.71. The summed E-state index contributed by atoms with van der Waals surface area (Å²) in [6.07, 6.45) is 76.1. The Kier molecular flexibility index (Phi) is 58.7. The molecule has 0 rings (SSSR count). The van der Waals surface area contributed by atoms with Gasteiger partial charge in [-0.2, -0.15) is 0 Å². The van der Waals surface area contributed by atoms with Crippen molar-refractivity contribution in [3.05, 3.63) is 48.6 Å². The largest absolute Gasteiger partial charge is 0.462 e. The molecule has 0 N–H and O–H groups in total. The quantitative estimate of drug-likeness (QED) is 0.0261. The Morgan fingerprint density at radius 1 is 0.292 bits per heavy atom. The molecule has 0 heterocycles. The summed E-state index contributed by atoms with van der Waals surface area (Å²) in [4.78, 5) is 37.9. The maximum Gasteiger partial charge on any atom is 0.306 e. The Morgan fingerprint density at radius 2 is 0.542 bits per heavy atom. The van der Waals surface area contributed by atoms with Crippen molar-refractivity contribution in [3.63, 3.8) is 0 Å². The van der Waals surface area contributed by atoms with Gasteiger partial charge in [0, 0.05) is 19.3 Å². The molecule has 1 unspecified atom stereocenters. The minimum atomic E-state index is -0.781. The summed E-state index contributed by atoms with van der Waals surface area (Å²) in [7, 11) is 0. The van der Waals surface area contributed by atoms with Crippen molar-refractivity contribution >= 4 is 17.9 Å². The summed E-state index contributed by atoms with van der Waals surface area (Å²) in [5, 5.41) is 0. The van der Waals surface area contributed by atoms with Crippen LogP contribution < -0.4 is 0 Å². The van der Waals surface area contributed by atoms with Gasteiger partial charge in [0.1, 0.15) is 13.2 Å². The number of ether oxygens (including phenoxy) is 3. The highest BCUT2D eigenvalue weighted by atomic mass is 16.6. The molecule has 0 aromatic rings. The zero-order valence-electron chi connectivity index (χ0n) is 48.2. The van der Waals surface area contributed by atoms with Crippen molar-refractivity contribution in [2.45, 2.75) is 341 Å². The molecule has 420 valence electrons. The van der Waals surface area contributed by atoms with Crippen molar-refractivity contribution in [1.29, 1.82) is 0 Å². The van der Waals surface area contributed by atoms with Crippen molar-refractivity contribution in [3.8, 4) is 0 Å². The molecule has 1 atom stereocenters. The van der Waals surface area contributed by atoms with Crippen LogP contribution in [0.15, 0.2) is 48.6 Å². The molecular weight excluding hydrogens is 889 g/mol. The number of rotatable bonds is 58. The first-order valence-electron chi connectivity index (χ1n) is 31.6. The van der Waals surface area contributed by atoms with Gasteiger partial charge < -0.3 is 14.2 Å². The van der Waals surface area contributed by atoms with E-state index in [1.807, 2.05) is 0 Å². The van der Waals surface area contributed by atoms with Crippen LogP contribution in [0.4, 0.5) is 0 Å². The molecule has 0 aliphatic heterocycles. The van der Waals surface area contributed by atoms with Crippen molar-refractivity contribution in [2.75, 3.05) is 13.2 Å². The van der Waals surface area contributed by atoms with Crippen LogP contribution in [-0.2, 0) is 28.6 Å². The van der Waals surface area contributed by atoms with Crippen LogP contribution >= 0.6 is 0 Å². The van der Waals surface area contributed by atoms with Crippen LogP contribution in [-0.4, -0.2) is 37.2 Å². The van der Waals surface area contributed by atoms with Gasteiger partial charge in [0.15, 0.2) is 6.10 Å². The molecule has 0 amide bonds. The molecule has 0 spiro atoms. The van der Waals surface area contributed by atoms with E-state index in [2.05, 4.69) is 69.4 Å². The molecule has 0 radical (unpaired) electrons. The zero-order valence-corrected chi connectivity index (χ0v) is 48.2. The number of hydrogen-bond acceptors (Lipinski definition) is 6. The number of unbranched alkanes of at least 4 members (excludes halogenated alkanes) is 39. The average Bonchev–Trinajstić information content (AvgIpc) is 3.38. The topological polar surface area (TPSA) is 78.9 Å². The summed E-state index contributed by atoms with van der Waals surface area (Å²) >= 11 is 0. The number of carbonyl (C=O) groups excluding carboxylic acids is 3. The van der Waals surface area contributed by atoms with E-state index in [9.17, 15) is 14.4 Å². The lowest BCUT2D eigenvalue weighted by molar-refractivity contribution is -0.167. The van der Waals surface area contributed by atoms with Gasteiger partial charge in [0.2, 0.25) is 0 Å². The van der Waals surface area contributed by atoms with E-state index >= 15 is 0 Å². The molecule has 0 aliphatic rings. The van der Waals surface area contributed by atoms with Gasteiger partial charge in [-0.1, -0.05) is 307 Å². The SMILES string of the molecule is CC/C=C\C/C=C\C/C=C\C/C=C\CCCCCCC(=O)OC(COC(=O)CCCCCCCC)COC(=O)CCCCCCCCCCCCCCCCCCCCCCCCCCCCCCCCC. The van der Waals surface area contributed by atoms with E-state index in [1.54, 1.807) is 0 Å². The van der Waals surface area contributed by atoms with Gasteiger partial charge in [-0.05, 0) is 57.8 Å². The lowest BCUT2D eigenvalue weighted by atomic mass is 10.0. The van der Waals surface area contributed by atoms with Crippen molar-refractivity contribution < 1.29 is 28.6 Å². The molecule has 0 aliphatic carbocycles. The van der Waals surface area contributed by atoms with E-state index < -0.39 is 6.10 Å². The Morgan fingerprint density at radius 3 is 0.847 bits per heavy atom. The molecule has 0 saturated heterocycles. The second-order valence-corrected chi connectivity index (χ2v) is 21.3. The van der Waals surface area contributed by atoms with Gasteiger partial charge in [0.05, 0.1) is 0 Å². The molecule has 0 fully saturated rings. The Labute approximate surface area is 448 Å². The van der Waals surface area contributed by atoms with Crippen LogP contribution in [0.2, 0.25) is 0 Å². The van der Waals surface area contributed by atoms with Gasteiger partial charge in [-0.3, -0.25) is 14.4 Å². The second-order valence-electron chi connectivity index (χ2n) is 21.3. The maximum atomic E-state index is 12.8. The summed E-state index contributed by atoms with van der Waals surface area (Å²) < 4.78 is 16.8. The number of esters is 3. The van der Waals surface area contributed by atoms with E-state index in [0.717, 1.165) is 96.3 Å². The monoisotopic (exact) mass is 1010 g/mol. The average molecular weight is 1010 g/mol. The summed E-state index contributed by atoms with van der Waals surface area (Å²) in [6, 6.07) is 0. The third-order valence-corrected chi connectivity index (χ3v) is 14.1. The maximum absolute atomic E-state index is 12.8. The van der Waals surface area contributed by atoms with Crippen LogP contribution in [0.5, 0.6) is 0 Å². The van der Waals surface area contributed by atoms with Crippen LogP contribution in [0, 0.1) is 0 Å². The molecule has 0 aromatic heterocycles. The van der Waals surface area contributed by atoms with Crippen LogP contribution in [0.1, 0.15) is 335 Å². The van der Waals surface area contributed by atoms with Gasteiger partial charge >= 0.3 is 17.9 Å². The molecular formula is C66H120O6. The Hall–Kier alpha value is -2.63. The van der Waals surface area contributed by atoms with Crippen LogP contribution in [0.3, 0.4) is 0 Å². The predicted molar refractivity (Wildman–Crippen MR) is 312 cm³/mol.